The van der Waals surface area contributed by atoms with E-state index in [0.717, 1.165) is 49.2 Å². The average Bonchev–Trinajstić information content (AvgIpc) is 3.02. The van der Waals surface area contributed by atoms with Crippen molar-refractivity contribution >= 4 is 55.4 Å². The number of sulfonamides is 1. The number of hydrogen-bond donors (Lipinski definition) is 2. The standard InChI is InChI=1S/C17H21Cl2FN4O2S2/c1-24(2)14-6-4-3-5-12(14)21-13-8-11(20)15(7-10(13)18)28(25,26)23-17-22-16(19)9-27-17/h7-9,12,14,21H,3-6H2,1-2H3,(H,22,23)/t12-,14-/m0/s1. The minimum atomic E-state index is -4.18. The van der Waals surface area contributed by atoms with Gasteiger partial charge in [-0.15, -0.1) is 11.3 Å². The Hall–Kier alpha value is -1.13. The number of benzene rings is 1. The lowest BCUT2D eigenvalue weighted by Crippen LogP contribution is -2.45. The Morgan fingerprint density at radius 2 is 1.96 bits per heavy atom. The largest absolute Gasteiger partial charge is 0.379 e. The van der Waals surface area contributed by atoms with E-state index < -0.39 is 20.7 Å². The van der Waals surface area contributed by atoms with Crippen LogP contribution >= 0.6 is 34.5 Å². The molecule has 0 spiro atoms. The third kappa shape index (κ3) is 4.88. The molecule has 3 rings (SSSR count). The van der Waals surface area contributed by atoms with Gasteiger partial charge in [-0.25, -0.2) is 17.8 Å². The highest BCUT2D eigenvalue weighted by molar-refractivity contribution is 7.93. The van der Waals surface area contributed by atoms with Crippen LogP contribution < -0.4 is 10.0 Å². The molecule has 0 amide bonds. The summed E-state index contributed by atoms with van der Waals surface area (Å²) >= 11 is 13.0. The zero-order chi connectivity index (χ0) is 20.5. The normalized spacial score (nSPS) is 20.4. The van der Waals surface area contributed by atoms with Gasteiger partial charge in [0.05, 0.1) is 10.7 Å². The number of hydrogen-bond acceptors (Lipinski definition) is 6. The summed E-state index contributed by atoms with van der Waals surface area (Å²) < 4.78 is 41.9. The molecule has 1 aromatic heterocycles. The molecule has 0 aliphatic heterocycles. The van der Waals surface area contributed by atoms with E-state index in [1.807, 2.05) is 14.1 Å². The second-order valence-corrected chi connectivity index (χ2v) is 10.2. The highest BCUT2D eigenvalue weighted by Crippen LogP contribution is 2.33. The van der Waals surface area contributed by atoms with Crippen LogP contribution in [0.1, 0.15) is 25.7 Å². The third-order valence-electron chi connectivity index (χ3n) is 4.74. The molecule has 0 radical (unpaired) electrons. The van der Waals surface area contributed by atoms with Crippen LogP contribution in [0.25, 0.3) is 0 Å². The van der Waals surface area contributed by atoms with Crippen LogP contribution in [0.4, 0.5) is 15.2 Å². The van der Waals surface area contributed by atoms with Gasteiger partial charge >= 0.3 is 0 Å². The van der Waals surface area contributed by atoms with E-state index >= 15 is 0 Å². The molecule has 11 heteroatoms. The van der Waals surface area contributed by atoms with E-state index in [2.05, 4.69) is 19.9 Å². The predicted molar refractivity (Wildman–Crippen MR) is 113 cm³/mol. The summed E-state index contributed by atoms with van der Waals surface area (Å²) in [5.41, 5.74) is 0.383. The molecule has 28 heavy (non-hydrogen) atoms. The first-order valence-electron chi connectivity index (χ1n) is 8.73. The van der Waals surface area contributed by atoms with Gasteiger partial charge < -0.3 is 10.2 Å². The number of rotatable bonds is 6. The fourth-order valence-corrected chi connectivity index (χ4v) is 5.87. The molecule has 1 saturated carbocycles. The van der Waals surface area contributed by atoms with E-state index in [4.69, 9.17) is 23.2 Å². The van der Waals surface area contributed by atoms with Gasteiger partial charge in [-0.3, -0.25) is 4.72 Å². The summed E-state index contributed by atoms with van der Waals surface area (Å²) in [4.78, 5) is 5.42. The van der Waals surface area contributed by atoms with Crippen molar-refractivity contribution in [3.63, 3.8) is 0 Å². The molecule has 1 aromatic carbocycles. The minimum absolute atomic E-state index is 0.0544. The molecule has 154 valence electrons. The fourth-order valence-electron chi connectivity index (χ4n) is 3.41. The summed E-state index contributed by atoms with van der Waals surface area (Å²) in [6.07, 6.45) is 4.20. The molecule has 0 saturated heterocycles. The first kappa shape index (κ1) is 21.6. The summed E-state index contributed by atoms with van der Waals surface area (Å²) in [6.45, 7) is 0. The highest BCUT2D eigenvalue weighted by atomic mass is 35.5. The molecule has 1 heterocycles. The summed E-state index contributed by atoms with van der Waals surface area (Å²) in [7, 11) is -0.157. The van der Waals surface area contributed by atoms with Crippen molar-refractivity contribution in [2.24, 2.45) is 0 Å². The molecule has 1 aliphatic rings. The van der Waals surface area contributed by atoms with Crippen molar-refractivity contribution in [2.45, 2.75) is 42.7 Å². The molecule has 0 unspecified atom stereocenters. The van der Waals surface area contributed by atoms with Gasteiger partial charge in [-0.2, -0.15) is 0 Å². The van der Waals surface area contributed by atoms with Crippen LogP contribution in [-0.4, -0.2) is 44.5 Å². The maximum Gasteiger partial charge on any atom is 0.266 e. The number of nitrogens with zero attached hydrogens (tertiary/aromatic N) is 2. The number of anilines is 2. The fraction of sp³-hybridized carbons (Fsp3) is 0.471. The Balaban J connectivity index is 1.84. The average molecular weight is 467 g/mol. The first-order chi connectivity index (χ1) is 13.2. The van der Waals surface area contributed by atoms with Gasteiger partial charge in [0, 0.05) is 17.5 Å². The Labute approximate surface area is 178 Å². The van der Waals surface area contributed by atoms with E-state index in [9.17, 15) is 12.8 Å². The van der Waals surface area contributed by atoms with Crippen molar-refractivity contribution in [2.75, 3.05) is 24.1 Å². The van der Waals surface area contributed by atoms with E-state index in [0.29, 0.717) is 11.7 Å². The number of halogens is 3. The van der Waals surface area contributed by atoms with Gasteiger partial charge in [0.15, 0.2) is 5.13 Å². The Morgan fingerprint density at radius 1 is 1.25 bits per heavy atom. The lowest BCUT2D eigenvalue weighted by molar-refractivity contribution is 0.211. The number of likely N-dealkylation sites (N-methyl/N-ethyl adjacent to an activating group) is 1. The molecule has 0 bridgehead atoms. The van der Waals surface area contributed by atoms with Crippen LogP contribution in [0.15, 0.2) is 22.4 Å². The second kappa shape index (κ2) is 8.71. The van der Waals surface area contributed by atoms with Crippen molar-refractivity contribution in [3.05, 3.63) is 33.5 Å². The molecule has 6 nitrogen and oxygen atoms in total. The van der Waals surface area contributed by atoms with Crippen LogP contribution in [0.3, 0.4) is 0 Å². The first-order valence-corrected chi connectivity index (χ1v) is 11.8. The molecule has 2 atom stereocenters. The number of thiazole rings is 1. The summed E-state index contributed by atoms with van der Waals surface area (Å²) in [5, 5.41) is 5.12. The van der Waals surface area contributed by atoms with Gasteiger partial charge in [-0.1, -0.05) is 36.0 Å². The molecule has 2 aromatic rings. The SMILES string of the molecule is CN(C)[C@H]1CCCC[C@@H]1Nc1cc(F)c(S(=O)(=O)Nc2nc(Cl)cs2)cc1Cl. The van der Waals surface area contributed by atoms with Gasteiger partial charge in [0.25, 0.3) is 10.0 Å². The molecular weight excluding hydrogens is 446 g/mol. The molecule has 1 fully saturated rings. The van der Waals surface area contributed by atoms with Crippen LogP contribution in [-0.2, 0) is 10.0 Å². The number of aromatic nitrogens is 1. The quantitative estimate of drug-likeness (QED) is 0.646. The van der Waals surface area contributed by atoms with E-state index in [1.165, 1.54) is 5.38 Å². The van der Waals surface area contributed by atoms with Gasteiger partial charge in [0.1, 0.15) is 15.9 Å². The lowest BCUT2D eigenvalue weighted by Gasteiger charge is -2.37. The van der Waals surface area contributed by atoms with Crippen molar-refractivity contribution < 1.29 is 12.8 Å². The third-order valence-corrected chi connectivity index (χ3v) is 7.62. The molecule has 2 N–H and O–H groups in total. The number of nitrogens with one attached hydrogen (secondary N) is 2. The zero-order valence-electron chi connectivity index (χ0n) is 15.4. The topological polar surface area (TPSA) is 74.3 Å². The smallest absolute Gasteiger partial charge is 0.266 e. The Morgan fingerprint density at radius 3 is 2.61 bits per heavy atom. The maximum absolute atomic E-state index is 14.7. The summed E-state index contributed by atoms with van der Waals surface area (Å²) in [5.74, 6) is -0.890. The second-order valence-electron chi connectivity index (χ2n) is 6.91. The highest BCUT2D eigenvalue weighted by Gasteiger charge is 2.28. The van der Waals surface area contributed by atoms with Crippen LogP contribution in [0, 0.1) is 5.82 Å². The monoisotopic (exact) mass is 466 g/mol. The Kier molecular flexibility index (Phi) is 6.71. The maximum atomic E-state index is 14.7. The van der Waals surface area contributed by atoms with E-state index in [-0.39, 0.29) is 21.3 Å². The Bertz CT molecular complexity index is 953. The van der Waals surface area contributed by atoms with Gasteiger partial charge in [-0.05, 0) is 39.1 Å². The van der Waals surface area contributed by atoms with Crippen LogP contribution in [0.2, 0.25) is 10.2 Å². The van der Waals surface area contributed by atoms with Crippen molar-refractivity contribution in [1.29, 1.82) is 0 Å². The molecule has 1 aliphatic carbocycles. The van der Waals surface area contributed by atoms with Crippen molar-refractivity contribution in [1.82, 2.24) is 9.88 Å². The summed E-state index contributed by atoms with van der Waals surface area (Å²) in [6, 6.07) is 2.66. The van der Waals surface area contributed by atoms with E-state index in [1.54, 1.807) is 0 Å². The zero-order valence-corrected chi connectivity index (χ0v) is 18.5. The van der Waals surface area contributed by atoms with Crippen molar-refractivity contribution in [3.8, 4) is 0 Å². The minimum Gasteiger partial charge on any atom is -0.379 e. The molecular formula is C17H21Cl2FN4O2S2. The lowest BCUT2D eigenvalue weighted by atomic mass is 9.89. The van der Waals surface area contributed by atoms with Crippen LogP contribution in [0.5, 0.6) is 0 Å². The predicted octanol–water partition coefficient (Wildman–Crippen LogP) is 4.67. The van der Waals surface area contributed by atoms with Gasteiger partial charge in [0.2, 0.25) is 0 Å².